The molecule has 7 heteroatoms. The first-order valence-electron chi connectivity index (χ1n) is 3.62. The summed E-state index contributed by atoms with van der Waals surface area (Å²) in [6.07, 6.45) is 0. The maximum absolute atomic E-state index is 13.2. The number of rotatable bonds is 1. The summed E-state index contributed by atoms with van der Waals surface area (Å²) in [4.78, 5) is 3.22. The van der Waals surface area contributed by atoms with E-state index in [4.69, 9.17) is 28.5 Å². The van der Waals surface area contributed by atoms with Gasteiger partial charge in [0, 0.05) is 6.92 Å². The second-order valence-electron chi connectivity index (χ2n) is 2.76. The van der Waals surface area contributed by atoms with Gasteiger partial charge in [0.2, 0.25) is 0 Å². The summed E-state index contributed by atoms with van der Waals surface area (Å²) in [6, 6.07) is 1.37. The third-order valence-electron chi connectivity index (χ3n) is 1.60. The molecule has 0 radical (unpaired) electrons. The Bertz CT molecular complexity index is 449. The van der Waals surface area contributed by atoms with Gasteiger partial charge >= 0.3 is 0 Å². The van der Waals surface area contributed by atoms with E-state index in [0.717, 1.165) is 0 Å². The molecule has 0 N–H and O–H groups in total. The lowest BCUT2D eigenvalue weighted by molar-refractivity contribution is 0.0133. The highest BCUT2D eigenvalue weighted by molar-refractivity contribution is 6.33. The first kappa shape index (κ1) is 12.1. The smallest absolute Gasteiger partial charge is 0.220 e. The summed E-state index contributed by atoms with van der Waals surface area (Å²) in [5.74, 6) is -4.98. The van der Waals surface area contributed by atoms with Gasteiger partial charge in [0.15, 0.2) is 11.0 Å². The Morgan fingerprint density at radius 1 is 1.33 bits per heavy atom. The fourth-order valence-electron chi connectivity index (χ4n) is 1.02. The lowest BCUT2D eigenvalue weighted by Gasteiger charge is -2.14. The van der Waals surface area contributed by atoms with Gasteiger partial charge in [-0.3, -0.25) is 0 Å². The van der Waals surface area contributed by atoms with Gasteiger partial charge in [-0.2, -0.15) is 5.26 Å². The van der Waals surface area contributed by atoms with Crippen LogP contribution in [-0.2, 0) is 5.92 Å². The van der Waals surface area contributed by atoms with E-state index in [-0.39, 0.29) is 0 Å². The Balaban J connectivity index is 3.68. The molecule has 0 spiro atoms. The van der Waals surface area contributed by atoms with Crippen molar-refractivity contribution in [3.05, 3.63) is 27.3 Å². The second-order valence-corrected chi connectivity index (χ2v) is 3.47. The van der Waals surface area contributed by atoms with Gasteiger partial charge < -0.3 is 0 Å². The maximum Gasteiger partial charge on any atom is 0.274 e. The molecule has 0 unspecified atom stereocenters. The number of nitrogens with zero attached hydrogens (tertiary/aromatic N) is 2. The number of hydrogen-bond donors (Lipinski definition) is 0. The Labute approximate surface area is 93.2 Å². The molecule has 0 bridgehead atoms. The average molecular weight is 255 g/mol. The van der Waals surface area contributed by atoms with Crippen LogP contribution in [0.3, 0.4) is 0 Å². The van der Waals surface area contributed by atoms with Crippen molar-refractivity contribution in [3.8, 4) is 6.07 Å². The summed E-state index contributed by atoms with van der Waals surface area (Å²) in [6.45, 7) is 0.443. The van der Waals surface area contributed by atoms with Crippen molar-refractivity contribution in [1.82, 2.24) is 4.98 Å². The molecule has 0 fully saturated rings. The van der Waals surface area contributed by atoms with E-state index in [1.165, 1.54) is 6.07 Å². The van der Waals surface area contributed by atoms with Gasteiger partial charge in [-0.1, -0.05) is 23.2 Å². The summed E-state index contributed by atoms with van der Waals surface area (Å²) in [5, 5.41) is 7.24. The fraction of sp³-hybridized carbons (Fsp3) is 0.250. The van der Waals surface area contributed by atoms with Crippen LogP contribution in [0.2, 0.25) is 10.3 Å². The van der Waals surface area contributed by atoms with Crippen molar-refractivity contribution in [1.29, 1.82) is 5.26 Å². The van der Waals surface area contributed by atoms with Crippen LogP contribution in [0.25, 0.3) is 0 Å². The molecule has 1 aromatic heterocycles. The Morgan fingerprint density at radius 3 is 2.27 bits per heavy atom. The van der Waals surface area contributed by atoms with Gasteiger partial charge in [-0.15, -0.1) is 0 Å². The topological polar surface area (TPSA) is 36.7 Å². The van der Waals surface area contributed by atoms with Crippen molar-refractivity contribution >= 4 is 23.2 Å². The van der Waals surface area contributed by atoms with Crippen LogP contribution in [0, 0.1) is 17.1 Å². The van der Waals surface area contributed by atoms with Crippen LogP contribution in [-0.4, -0.2) is 4.98 Å². The largest absolute Gasteiger partial charge is 0.274 e. The zero-order valence-electron chi connectivity index (χ0n) is 7.28. The summed E-state index contributed by atoms with van der Waals surface area (Å²) in [7, 11) is 0. The molecule has 1 aromatic rings. The SMILES string of the molecule is CC(F)(F)c1c(F)c(Cl)nc(Cl)c1C#N. The minimum absolute atomic E-state index is 0.443. The lowest BCUT2D eigenvalue weighted by atomic mass is 10.1. The van der Waals surface area contributed by atoms with Gasteiger partial charge in [-0.05, 0) is 0 Å². The zero-order chi connectivity index (χ0) is 11.8. The number of alkyl halides is 2. The summed E-state index contributed by atoms with van der Waals surface area (Å²) in [5.41, 5.74) is -1.83. The fourth-order valence-corrected chi connectivity index (χ4v) is 1.46. The number of pyridine rings is 1. The van der Waals surface area contributed by atoms with Crippen LogP contribution in [0.1, 0.15) is 18.1 Å². The quantitative estimate of drug-likeness (QED) is 0.720. The van der Waals surface area contributed by atoms with E-state index < -0.39 is 33.2 Å². The molecule has 2 nitrogen and oxygen atoms in total. The third kappa shape index (κ3) is 2.16. The highest BCUT2D eigenvalue weighted by atomic mass is 35.5. The van der Waals surface area contributed by atoms with Crippen molar-refractivity contribution < 1.29 is 13.2 Å². The number of nitriles is 1. The van der Waals surface area contributed by atoms with Gasteiger partial charge in [-0.25, -0.2) is 18.2 Å². The van der Waals surface area contributed by atoms with Crippen molar-refractivity contribution in [2.75, 3.05) is 0 Å². The van der Waals surface area contributed by atoms with E-state index in [2.05, 4.69) is 4.98 Å². The van der Waals surface area contributed by atoms with Gasteiger partial charge in [0.1, 0.15) is 16.8 Å². The molecule has 0 saturated heterocycles. The molecule has 0 aliphatic heterocycles. The highest BCUT2D eigenvalue weighted by Gasteiger charge is 2.35. The molecule has 0 aliphatic carbocycles. The van der Waals surface area contributed by atoms with E-state index in [9.17, 15) is 13.2 Å². The molecule has 0 aromatic carbocycles. The van der Waals surface area contributed by atoms with Crippen LogP contribution in [0.5, 0.6) is 0 Å². The van der Waals surface area contributed by atoms with Gasteiger partial charge in [0.25, 0.3) is 5.92 Å². The molecule has 80 valence electrons. The minimum atomic E-state index is -3.55. The maximum atomic E-state index is 13.2. The first-order chi connectivity index (χ1) is 6.79. The number of halogens is 5. The molecule has 15 heavy (non-hydrogen) atoms. The normalized spacial score (nSPS) is 11.3. The molecule has 0 atom stereocenters. The van der Waals surface area contributed by atoms with Crippen LogP contribution >= 0.6 is 23.2 Å². The lowest BCUT2D eigenvalue weighted by Crippen LogP contribution is -2.14. The second kappa shape index (κ2) is 3.87. The van der Waals surface area contributed by atoms with E-state index in [1.807, 2.05) is 0 Å². The predicted molar refractivity (Wildman–Crippen MR) is 48.5 cm³/mol. The zero-order valence-corrected chi connectivity index (χ0v) is 8.80. The number of hydrogen-bond acceptors (Lipinski definition) is 2. The minimum Gasteiger partial charge on any atom is -0.220 e. The Hall–Kier alpha value is -0.990. The Morgan fingerprint density at radius 2 is 1.87 bits per heavy atom. The standard InChI is InChI=1S/C8H3Cl2F3N2/c1-8(12,13)4-3(2-14)6(9)15-7(10)5(4)11/h1H3. The Kier molecular flexibility index (Phi) is 3.12. The van der Waals surface area contributed by atoms with E-state index in [0.29, 0.717) is 6.92 Å². The molecule has 1 heterocycles. The molecular weight excluding hydrogens is 252 g/mol. The molecule has 0 aliphatic rings. The molecule has 0 amide bonds. The summed E-state index contributed by atoms with van der Waals surface area (Å²) < 4.78 is 39.2. The molecular formula is C8H3Cl2F3N2. The van der Waals surface area contributed by atoms with Crippen molar-refractivity contribution in [2.45, 2.75) is 12.8 Å². The molecule has 0 saturated carbocycles. The average Bonchev–Trinajstić information content (AvgIpc) is 2.08. The molecule has 1 rings (SSSR count). The van der Waals surface area contributed by atoms with Crippen molar-refractivity contribution in [3.63, 3.8) is 0 Å². The number of aromatic nitrogens is 1. The van der Waals surface area contributed by atoms with Gasteiger partial charge in [0.05, 0.1) is 5.56 Å². The predicted octanol–water partition coefficient (Wildman–Crippen LogP) is 3.51. The van der Waals surface area contributed by atoms with Crippen LogP contribution in [0.4, 0.5) is 13.2 Å². The van der Waals surface area contributed by atoms with E-state index in [1.54, 1.807) is 0 Å². The monoisotopic (exact) mass is 254 g/mol. The van der Waals surface area contributed by atoms with E-state index >= 15 is 0 Å². The third-order valence-corrected chi connectivity index (χ3v) is 2.13. The van der Waals surface area contributed by atoms with Crippen molar-refractivity contribution in [2.24, 2.45) is 0 Å². The van der Waals surface area contributed by atoms with Crippen LogP contribution < -0.4 is 0 Å². The van der Waals surface area contributed by atoms with Crippen LogP contribution in [0.15, 0.2) is 0 Å². The highest BCUT2D eigenvalue weighted by Crippen LogP contribution is 2.36. The summed E-state index contributed by atoms with van der Waals surface area (Å²) >= 11 is 10.6. The first-order valence-corrected chi connectivity index (χ1v) is 4.37.